The average molecular weight is 291 g/mol. The predicted octanol–water partition coefficient (Wildman–Crippen LogP) is 0.575. The van der Waals surface area contributed by atoms with Crippen molar-refractivity contribution >= 4 is 18.5 Å². The number of hydrogen-bond donors (Lipinski definition) is 3. The number of nitrogens with one attached hydrogen (secondary N) is 1. The molecule has 2 aromatic rings. The van der Waals surface area contributed by atoms with Gasteiger partial charge in [-0.3, -0.25) is 4.79 Å². The molecule has 0 radical (unpaired) electrons. The van der Waals surface area contributed by atoms with Crippen molar-refractivity contribution in [3.05, 3.63) is 65.2 Å². The van der Waals surface area contributed by atoms with E-state index < -0.39 is 30.2 Å². The summed E-state index contributed by atoms with van der Waals surface area (Å²) in [4.78, 5) is 11.8. The SMILES string of the molecule is O=C(NCc1ccc(B(O)O)cc1)c1c(F)cccc1F. The highest BCUT2D eigenvalue weighted by Crippen LogP contribution is 2.12. The van der Waals surface area contributed by atoms with E-state index in [4.69, 9.17) is 10.0 Å². The molecule has 0 atom stereocenters. The highest BCUT2D eigenvalue weighted by Gasteiger charge is 2.16. The molecule has 2 rings (SSSR count). The molecule has 7 heteroatoms. The number of hydrogen-bond acceptors (Lipinski definition) is 3. The van der Waals surface area contributed by atoms with Crippen LogP contribution in [-0.4, -0.2) is 23.1 Å². The van der Waals surface area contributed by atoms with Crippen LogP contribution >= 0.6 is 0 Å². The Kier molecular flexibility index (Phi) is 4.67. The molecule has 0 aliphatic carbocycles. The first-order valence-corrected chi connectivity index (χ1v) is 6.16. The molecule has 0 saturated heterocycles. The van der Waals surface area contributed by atoms with Gasteiger partial charge in [-0.2, -0.15) is 0 Å². The zero-order chi connectivity index (χ0) is 15.4. The van der Waals surface area contributed by atoms with Crippen LogP contribution in [0.4, 0.5) is 8.78 Å². The highest BCUT2D eigenvalue weighted by atomic mass is 19.1. The number of rotatable bonds is 4. The molecule has 21 heavy (non-hydrogen) atoms. The monoisotopic (exact) mass is 291 g/mol. The van der Waals surface area contributed by atoms with E-state index in [1.165, 1.54) is 18.2 Å². The third-order valence-electron chi connectivity index (χ3n) is 2.92. The Labute approximate surface area is 120 Å². The molecule has 0 aliphatic rings. The van der Waals surface area contributed by atoms with Crippen molar-refractivity contribution in [2.45, 2.75) is 6.54 Å². The summed E-state index contributed by atoms with van der Waals surface area (Å²) in [6.07, 6.45) is 0. The summed E-state index contributed by atoms with van der Waals surface area (Å²) >= 11 is 0. The summed E-state index contributed by atoms with van der Waals surface area (Å²) in [5.41, 5.74) is 0.342. The van der Waals surface area contributed by atoms with E-state index in [1.807, 2.05) is 0 Å². The fourth-order valence-electron chi connectivity index (χ4n) is 1.79. The highest BCUT2D eigenvalue weighted by molar-refractivity contribution is 6.58. The van der Waals surface area contributed by atoms with Gasteiger partial charge >= 0.3 is 7.12 Å². The second kappa shape index (κ2) is 6.47. The Bertz CT molecular complexity index is 627. The fourth-order valence-corrected chi connectivity index (χ4v) is 1.79. The Morgan fingerprint density at radius 3 is 2.14 bits per heavy atom. The van der Waals surface area contributed by atoms with E-state index in [1.54, 1.807) is 12.1 Å². The van der Waals surface area contributed by atoms with E-state index in [0.29, 0.717) is 11.0 Å². The summed E-state index contributed by atoms with van der Waals surface area (Å²) < 4.78 is 26.8. The summed E-state index contributed by atoms with van der Waals surface area (Å²) in [6.45, 7) is 0.0639. The largest absolute Gasteiger partial charge is 0.488 e. The Hall–Kier alpha value is -2.25. The molecule has 0 unspecified atom stereocenters. The molecule has 0 bridgehead atoms. The lowest BCUT2D eigenvalue weighted by atomic mass is 9.80. The van der Waals surface area contributed by atoms with Crippen LogP contribution in [0.25, 0.3) is 0 Å². The number of halogens is 2. The molecule has 2 aromatic carbocycles. The van der Waals surface area contributed by atoms with Gasteiger partial charge in [-0.1, -0.05) is 30.3 Å². The summed E-state index contributed by atoms with van der Waals surface area (Å²) in [6, 6.07) is 9.32. The molecular formula is C14H12BF2NO3. The maximum Gasteiger partial charge on any atom is 0.488 e. The van der Waals surface area contributed by atoms with Crippen LogP contribution in [0, 0.1) is 11.6 Å². The fraction of sp³-hybridized carbons (Fsp3) is 0.0714. The summed E-state index contributed by atoms with van der Waals surface area (Å²) in [5.74, 6) is -2.70. The van der Waals surface area contributed by atoms with Crippen molar-refractivity contribution in [2.75, 3.05) is 0 Å². The number of carbonyl (C=O) groups excluding carboxylic acids is 1. The first-order valence-electron chi connectivity index (χ1n) is 6.16. The molecule has 0 spiro atoms. The van der Waals surface area contributed by atoms with Gasteiger partial charge in [-0.25, -0.2) is 8.78 Å². The van der Waals surface area contributed by atoms with Crippen LogP contribution in [-0.2, 0) is 6.54 Å². The van der Waals surface area contributed by atoms with Crippen LogP contribution in [0.15, 0.2) is 42.5 Å². The second-order valence-corrected chi connectivity index (χ2v) is 4.39. The van der Waals surface area contributed by atoms with Crippen molar-refractivity contribution in [3.8, 4) is 0 Å². The van der Waals surface area contributed by atoms with Crippen molar-refractivity contribution in [3.63, 3.8) is 0 Å². The lowest BCUT2D eigenvalue weighted by Crippen LogP contribution is -2.30. The minimum Gasteiger partial charge on any atom is -0.423 e. The predicted molar refractivity (Wildman–Crippen MR) is 73.8 cm³/mol. The molecule has 108 valence electrons. The molecule has 0 heterocycles. The molecular weight excluding hydrogens is 279 g/mol. The van der Waals surface area contributed by atoms with Gasteiger partial charge in [0.25, 0.3) is 5.91 Å². The summed E-state index contributed by atoms with van der Waals surface area (Å²) in [7, 11) is -1.57. The Balaban J connectivity index is 2.04. The third-order valence-corrected chi connectivity index (χ3v) is 2.92. The van der Waals surface area contributed by atoms with Crippen LogP contribution in [0.3, 0.4) is 0 Å². The zero-order valence-electron chi connectivity index (χ0n) is 10.9. The number of benzene rings is 2. The summed E-state index contributed by atoms with van der Waals surface area (Å²) in [5, 5.41) is 20.3. The van der Waals surface area contributed by atoms with Crippen LogP contribution in [0.5, 0.6) is 0 Å². The van der Waals surface area contributed by atoms with Gasteiger partial charge in [0.05, 0.1) is 0 Å². The molecule has 1 amide bonds. The van der Waals surface area contributed by atoms with Gasteiger partial charge in [0.1, 0.15) is 17.2 Å². The molecule has 0 aliphatic heterocycles. The van der Waals surface area contributed by atoms with Crippen molar-refractivity contribution in [2.24, 2.45) is 0 Å². The second-order valence-electron chi connectivity index (χ2n) is 4.39. The first-order chi connectivity index (χ1) is 9.99. The Morgan fingerprint density at radius 1 is 1.05 bits per heavy atom. The smallest absolute Gasteiger partial charge is 0.423 e. The van der Waals surface area contributed by atoms with Crippen LogP contribution in [0.2, 0.25) is 0 Å². The number of carbonyl (C=O) groups is 1. The van der Waals surface area contributed by atoms with E-state index in [9.17, 15) is 13.6 Å². The molecule has 4 nitrogen and oxygen atoms in total. The standard InChI is InChI=1S/C14H12BF2NO3/c16-11-2-1-3-12(17)13(11)14(19)18-8-9-4-6-10(7-5-9)15(20)21/h1-7,20-21H,8H2,(H,18,19). The number of amides is 1. The maximum atomic E-state index is 13.4. The minimum absolute atomic E-state index is 0.0639. The Morgan fingerprint density at radius 2 is 1.62 bits per heavy atom. The van der Waals surface area contributed by atoms with Crippen molar-refractivity contribution < 1.29 is 23.6 Å². The topological polar surface area (TPSA) is 69.6 Å². The van der Waals surface area contributed by atoms with Gasteiger partial charge in [0.15, 0.2) is 0 Å². The van der Waals surface area contributed by atoms with Crippen LogP contribution < -0.4 is 10.8 Å². The normalized spacial score (nSPS) is 10.3. The van der Waals surface area contributed by atoms with Gasteiger partial charge in [0, 0.05) is 6.54 Å². The van der Waals surface area contributed by atoms with E-state index in [-0.39, 0.29) is 6.54 Å². The van der Waals surface area contributed by atoms with Crippen LogP contribution in [0.1, 0.15) is 15.9 Å². The molecule has 3 N–H and O–H groups in total. The maximum absolute atomic E-state index is 13.4. The van der Waals surface area contributed by atoms with Crippen molar-refractivity contribution in [1.82, 2.24) is 5.32 Å². The third kappa shape index (κ3) is 3.65. The molecule has 0 saturated carbocycles. The lowest BCUT2D eigenvalue weighted by molar-refractivity contribution is 0.0942. The molecule has 0 fully saturated rings. The molecule has 0 aromatic heterocycles. The van der Waals surface area contributed by atoms with Gasteiger partial charge in [-0.15, -0.1) is 0 Å². The van der Waals surface area contributed by atoms with E-state index in [2.05, 4.69) is 5.32 Å². The van der Waals surface area contributed by atoms with Gasteiger partial charge in [0.2, 0.25) is 0 Å². The quantitative estimate of drug-likeness (QED) is 0.722. The van der Waals surface area contributed by atoms with E-state index in [0.717, 1.165) is 12.1 Å². The van der Waals surface area contributed by atoms with Gasteiger partial charge in [-0.05, 0) is 23.2 Å². The average Bonchev–Trinajstić information content (AvgIpc) is 2.45. The zero-order valence-corrected chi connectivity index (χ0v) is 10.9. The minimum atomic E-state index is -1.57. The lowest BCUT2D eigenvalue weighted by Gasteiger charge is -2.08. The van der Waals surface area contributed by atoms with E-state index >= 15 is 0 Å². The van der Waals surface area contributed by atoms with Gasteiger partial charge < -0.3 is 15.4 Å². The van der Waals surface area contributed by atoms with Crippen molar-refractivity contribution in [1.29, 1.82) is 0 Å². The first kappa shape index (κ1) is 15.1.